The summed E-state index contributed by atoms with van der Waals surface area (Å²) in [5.41, 5.74) is 1.78. The lowest BCUT2D eigenvalue weighted by Crippen LogP contribution is -2.15. The van der Waals surface area contributed by atoms with Gasteiger partial charge in [0.1, 0.15) is 16.9 Å². The predicted octanol–water partition coefficient (Wildman–Crippen LogP) is 6.01. The maximum absolute atomic E-state index is 6.54. The minimum absolute atomic E-state index is 0.855. The van der Waals surface area contributed by atoms with E-state index < -0.39 is 8.15 Å². The molecule has 0 spiro atoms. The van der Waals surface area contributed by atoms with E-state index >= 15 is 0 Å². The second-order valence-electron chi connectivity index (χ2n) is 6.31. The fourth-order valence-electron chi connectivity index (χ4n) is 3.25. The molecule has 0 aliphatic carbocycles. The molecule has 0 aliphatic rings. The second-order valence-corrected chi connectivity index (χ2v) is 8.12. The van der Waals surface area contributed by atoms with Crippen LogP contribution in [0.4, 0.5) is 0 Å². The summed E-state index contributed by atoms with van der Waals surface area (Å²) in [6, 6.07) is 35.0. The lowest BCUT2D eigenvalue weighted by atomic mass is 10.1. The maximum Gasteiger partial charge on any atom is 0.150 e. The van der Waals surface area contributed by atoms with Crippen LogP contribution in [0.15, 0.2) is 108 Å². The summed E-state index contributed by atoms with van der Waals surface area (Å²) in [6.07, 6.45) is 0. The SMILES string of the molecule is c1ccc(P(Oc2ccc3oc4ccccc4c3c2)c2ccccc2)cc1. The second kappa shape index (κ2) is 6.90. The Hall–Kier alpha value is -3.09. The van der Waals surface area contributed by atoms with Crippen LogP contribution in [0.2, 0.25) is 0 Å². The number of fused-ring (bicyclic) bond motifs is 3. The Labute approximate surface area is 158 Å². The van der Waals surface area contributed by atoms with Gasteiger partial charge in [-0.05, 0) is 24.3 Å². The molecule has 130 valence electrons. The molecule has 1 aromatic heterocycles. The van der Waals surface area contributed by atoms with Gasteiger partial charge in [0, 0.05) is 21.4 Å². The summed E-state index contributed by atoms with van der Waals surface area (Å²) in [6.45, 7) is 0. The van der Waals surface area contributed by atoms with Crippen LogP contribution in [0.5, 0.6) is 5.75 Å². The Kier molecular flexibility index (Phi) is 4.12. The molecule has 0 saturated carbocycles. The summed E-state index contributed by atoms with van der Waals surface area (Å²) in [7, 11) is -0.942. The zero-order chi connectivity index (χ0) is 18.1. The molecule has 0 aliphatic heterocycles. The topological polar surface area (TPSA) is 22.4 Å². The quantitative estimate of drug-likeness (QED) is 0.362. The van der Waals surface area contributed by atoms with Crippen molar-refractivity contribution in [3.63, 3.8) is 0 Å². The number of hydrogen-bond acceptors (Lipinski definition) is 2. The molecule has 2 nitrogen and oxygen atoms in total. The molecule has 5 aromatic rings. The summed E-state index contributed by atoms with van der Waals surface area (Å²) in [5, 5.41) is 4.58. The fraction of sp³-hybridized carbons (Fsp3) is 0. The molecule has 1 heterocycles. The first-order valence-electron chi connectivity index (χ1n) is 8.88. The van der Waals surface area contributed by atoms with Crippen LogP contribution in [0, 0.1) is 0 Å². The van der Waals surface area contributed by atoms with Gasteiger partial charge in [0.25, 0.3) is 0 Å². The van der Waals surface area contributed by atoms with Gasteiger partial charge < -0.3 is 8.94 Å². The lowest BCUT2D eigenvalue weighted by Gasteiger charge is -2.19. The fourth-order valence-corrected chi connectivity index (χ4v) is 4.97. The monoisotopic (exact) mass is 368 g/mol. The Balaban J connectivity index is 1.59. The summed E-state index contributed by atoms with van der Waals surface area (Å²) in [4.78, 5) is 0. The van der Waals surface area contributed by atoms with Crippen molar-refractivity contribution < 1.29 is 8.94 Å². The minimum Gasteiger partial charge on any atom is -0.464 e. The molecule has 4 aromatic carbocycles. The molecule has 0 N–H and O–H groups in total. The standard InChI is InChI=1S/C24H17O2P/c1-3-9-19(10-4-1)27(20-11-5-2-6-12-20)26-18-15-16-24-22(17-18)21-13-7-8-14-23(21)25-24/h1-17H. The van der Waals surface area contributed by atoms with Gasteiger partial charge in [-0.2, -0.15) is 0 Å². The molecular formula is C24H17O2P. The third-order valence-corrected chi connectivity index (χ3v) is 6.45. The van der Waals surface area contributed by atoms with Gasteiger partial charge >= 0.3 is 0 Å². The largest absolute Gasteiger partial charge is 0.464 e. The summed E-state index contributed by atoms with van der Waals surface area (Å²) >= 11 is 0. The van der Waals surface area contributed by atoms with E-state index in [1.54, 1.807) is 0 Å². The normalized spacial score (nSPS) is 11.3. The lowest BCUT2D eigenvalue weighted by molar-refractivity contribution is 0.628. The van der Waals surface area contributed by atoms with Crippen molar-refractivity contribution in [2.75, 3.05) is 0 Å². The molecule has 5 rings (SSSR count). The summed E-state index contributed by atoms with van der Waals surface area (Å²) < 4.78 is 12.5. The molecule has 0 fully saturated rings. The highest BCUT2D eigenvalue weighted by Gasteiger charge is 2.17. The van der Waals surface area contributed by atoms with Gasteiger partial charge in [-0.15, -0.1) is 0 Å². The number of furan rings is 1. The Morgan fingerprint density at radius 3 is 1.85 bits per heavy atom. The highest BCUT2D eigenvalue weighted by molar-refractivity contribution is 7.68. The van der Waals surface area contributed by atoms with Gasteiger partial charge in [0.2, 0.25) is 0 Å². The zero-order valence-corrected chi connectivity index (χ0v) is 15.5. The van der Waals surface area contributed by atoms with Gasteiger partial charge in [-0.25, -0.2) is 0 Å². The van der Waals surface area contributed by atoms with Crippen molar-refractivity contribution in [1.82, 2.24) is 0 Å². The van der Waals surface area contributed by atoms with Gasteiger partial charge in [-0.1, -0.05) is 78.9 Å². The van der Waals surface area contributed by atoms with Crippen molar-refractivity contribution >= 4 is 40.7 Å². The van der Waals surface area contributed by atoms with Crippen molar-refractivity contribution in [2.24, 2.45) is 0 Å². The summed E-state index contributed by atoms with van der Waals surface area (Å²) in [5.74, 6) is 0.855. The Morgan fingerprint density at radius 1 is 0.556 bits per heavy atom. The van der Waals surface area contributed by atoms with E-state index in [-0.39, 0.29) is 0 Å². The van der Waals surface area contributed by atoms with E-state index in [0.29, 0.717) is 0 Å². The Bertz CT molecular complexity index is 1160. The van der Waals surface area contributed by atoms with E-state index in [0.717, 1.165) is 27.7 Å². The van der Waals surface area contributed by atoms with Crippen LogP contribution in [-0.2, 0) is 0 Å². The van der Waals surface area contributed by atoms with Crippen LogP contribution in [-0.4, -0.2) is 0 Å². The average molecular weight is 368 g/mol. The molecule has 3 heteroatoms. The molecule has 0 bridgehead atoms. The Morgan fingerprint density at radius 2 is 1.15 bits per heavy atom. The first-order chi connectivity index (χ1) is 13.4. The number of rotatable bonds is 4. The van der Waals surface area contributed by atoms with Gasteiger partial charge in [-0.3, -0.25) is 0 Å². The predicted molar refractivity (Wildman–Crippen MR) is 113 cm³/mol. The molecule has 0 radical (unpaired) electrons. The molecule has 27 heavy (non-hydrogen) atoms. The van der Waals surface area contributed by atoms with Crippen LogP contribution in [0.25, 0.3) is 21.9 Å². The van der Waals surface area contributed by atoms with Crippen LogP contribution in [0.1, 0.15) is 0 Å². The van der Waals surface area contributed by atoms with Gasteiger partial charge in [0.15, 0.2) is 8.15 Å². The smallest absolute Gasteiger partial charge is 0.150 e. The van der Waals surface area contributed by atoms with Crippen LogP contribution >= 0.6 is 8.15 Å². The van der Waals surface area contributed by atoms with Crippen LogP contribution < -0.4 is 15.1 Å². The first kappa shape index (κ1) is 16.1. The van der Waals surface area contributed by atoms with Crippen molar-refractivity contribution in [3.8, 4) is 5.75 Å². The maximum atomic E-state index is 6.54. The van der Waals surface area contributed by atoms with E-state index in [2.05, 4.69) is 60.7 Å². The number of hydrogen-bond donors (Lipinski definition) is 0. The zero-order valence-electron chi connectivity index (χ0n) is 14.6. The molecular weight excluding hydrogens is 351 g/mol. The van der Waals surface area contributed by atoms with Gasteiger partial charge in [0.05, 0.1) is 0 Å². The van der Waals surface area contributed by atoms with Crippen molar-refractivity contribution in [3.05, 3.63) is 103 Å². The third kappa shape index (κ3) is 3.09. The number of para-hydroxylation sites is 1. The highest BCUT2D eigenvalue weighted by atomic mass is 31.1. The van der Waals surface area contributed by atoms with Crippen LogP contribution in [0.3, 0.4) is 0 Å². The first-order valence-corrected chi connectivity index (χ1v) is 10.1. The van der Waals surface area contributed by atoms with E-state index in [1.165, 1.54) is 10.6 Å². The number of benzene rings is 4. The van der Waals surface area contributed by atoms with E-state index in [4.69, 9.17) is 8.94 Å². The van der Waals surface area contributed by atoms with E-state index in [9.17, 15) is 0 Å². The van der Waals surface area contributed by atoms with Crippen molar-refractivity contribution in [2.45, 2.75) is 0 Å². The average Bonchev–Trinajstić information content (AvgIpc) is 3.11. The molecule has 0 unspecified atom stereocenters. The molecule has 0 amide bonds. The highest BCUT2D eigenvalue weighted by Crippen LogP contribution is 2.39. The molecule has 0 atom stereocenters. The minimum atomic E-state index is -0.942. The van der Waals surface area contributed by atoms with Crippen molar-refractivity contribution in [1.29, 1.82) is 0 Å². The third-order valence-electron chi connectivity index (χ3n) is 4.53. The van der Waals surface area contributed by atoms with E-state index in [1.807, 2.05) is 42.5 Å². The molecule has 0 saturated heterocycles.